The van der Waals surface area contributed by atoms with Crippen molar-refractivity contribution in [3.8, 4) is 0 Å². The minimum atomic E-state index is -2.99. The third-order valence-electron chi connectivity index (χ3n) is 3.42. The summed E-state index contributed by atoms with van der Waals surface area (Å²) in [5, 5.41) is -0.394. The monoisotopic (exact) mass is 245 g/mol. The van der Waals surface area contributed by atoms with Gasteiger partial charge < -0.3 is 10.5 Å². The summed E-state index contributed by atoms with van der Waals surface area (Å²) < 4.78 is 29.1. The Morgan fingerprint density at radius 1 is 1.38 bits per heavy atom. The largest absolute Gasteiger partial charge is 0.501 e. The Kier molecular flexibility index (Phi) is 3.54. The number of hydrogen-bond donors (Lipinski definition) is 1. The first-order valence-corrected chi connectivity index (χ1v) is 7.60. The maximum Gasteiger partial charge on any atom is 0.155 e. The molecule has 5 heteroatoms. The van der Waals surface area contributed by atoms with Crippen LogP contribution in [-0.2, 0) is 14.6 Å². The first kappa shape index (κ1) is 11.9. The molecule has 2 rings (SSSR count). The molecule has 0 aromatic heterocycles. The highest BCUT2D eigenvalue weighted by molar-refractivity contribution is 7.92. The molecule has 92 valence electrons. The molecule has 0 radical (unpaired) electrons. The van der Waals surface area contributed by atoms with E-state index in [0.29, 0.717) is 18.8 Å². The second-order valence-electron chi connectivity index (χ2n) is 4.59. The van der Waals surface area contributed by atoms with Crippen LogP contribution in [0.5, 0.6) is 0 Å². The molecule has 2 atom stereocenters. The Bertz CT molecular complexity index is 375. The van der Waals surface area contributed by atoms with Crippen molar-refractivity contribution in [1.29, 1.82) is 0 Å². The van der Waals surface area contributed by atoms with Crippen molar-refractivity contribution in [2.75, 3.05) is 12.4 Å². The molecule has 0 aromatic rings. The molecular weight excluding hydrogens is 226 g/mol. The SMILES string of the molecule is NC(C1=COCCC1)C1CCCCS1(=O)=O. The lowest BCUT2D eigenvalue weighted by atomic mass is 9.97. The molecule has 0 amide bonds. The Morgan fingerprint density at radius 2 is 2.19 bits per heavy atom. The zero-order valence-corrected chi connectivity index (χ0v) is 10.2. The van der Waals surface area contributed by atoms with Crippen molar-refractivity contribution in [2.45, 2.75) is 43.4 Å². The van der Waals surface area contributed by atoms with E-state index >= 15 is 0 Å². The van der Waals surface area contributed by atoms with E-state index in [-0.39, 0.29) is 6.04 Å². The van der Waals surface area contributed by atoms with Crippen LogP contribution in [-0.4, -0.2) is 32.1 Å². The number of nitrogens with two attached hydrogens (primary N) is 1. The average molecular weight is 245 g/mol. The highest BCUT2D eigenvalue weighted by atomic mass is 32.2. The van der Waals surface area contributed by atoms with Gasteiger partial charge in [-0.1, -0.05) is 6.42 Å². The first-order chi connectivity index (χ1) is 7.61. The lowest BCUT2D eigenvalue weighted by Gasteiger charge is -2.30. The van der Waals surface area contributed by atoms with E-state index in [1.54, 1.807) is 6.26 Å². The van der Waals surface area contributed by atoms with Crippen LogP contribution in [0.15, 0.2) is 11.8 Å². The summed E-state index contributed by atoms with van der Waals surface area (Å²) in [4.78, 5) is 0. The lowest BCUT2D eigenvalue weighted by Crippen LogP contribution is -2.45. The van der Waals surface area contributed by atoms with Gasteiger partial charge in [-0.05, 0) is 31.3 Å². The van der Waals surface area contributed by atoms with Gasteiger partial charge in [0.05, 0.1) is 23.9 Å². The number of hydrogen-bond acceptors (Lipinski definition) is 4. The molecule has 2 N–H and O–H groups in total. The molecule has 0 bridgehead atoms. The summed E-state index contributed by atoms with van der Waals surface area (Å²) in [5.41, 5.74) is 7.03. The fraction of sp³-hybridized carbons (Fsp3) is 0.818. The molecular formula is C11H19NO3S. The molecule has 2 aliphatic heterocycles. The highest BCUT2D eigenvalue weighted by Gasteiger charge is 2.35. The molecule has 4 nitrogen and oxygen atoms in total. The standard InChI is InChI=1S/C11H19NO3S/c12-11(9-4-3-6-15-8-9)10-5-1-2-7-16(10,13)14/h8,10-11H,1-7,12H2. The molecule has 0 aliphatic carbocycles. The van der Waals surface area contributed by atoms with Crippen molar-refractivity contribution < 1.29 is 13.2 Å². The predicted molar refractivity (Wildman–Crippen MR) is 62.7 cm³/mol. The van der Waals surface area contributed by atoms with E-state index in [9.17, 15) is 8.42 Å². The van der Waals surface area contributed by atoms with E-state index in [0.717, 1.165) is 31.3 Å². The summed E-state index contributed by atoms with van der Waals surface area (Å²) in [5.74, 6) is 0.291. The van der Waals surface area contributed by atoms with Crippen molar-refractivity contribution in [3.05, 3.63) is 11.8 Å². The molecule has 1 saturated heterocycles. The van der Waals surface area contributed by atoms with E-state index < -0.39 is 15.1 Å². The summed E-state index contributed by atoms with van der Waals surface area (Å²) in [7, 11) is -2.99. The van der Waals surface area contributed by atoms with Gasteiger partial charge in [0.15, 0.2) is 9.84 Å². The van der Waals surface area contributed by atoms with Crippen LogP contribution in [0.3, 0.4) is 0 Å². The lowest BCUT2D eigenvalue weighted by molar-refractivity contribution is 0.220. The number of rotatable bonds is 2. The van der Waals surface area contributed by atoms with Crippen LogP contribution >= 0.6 is 0 Å². The van der Waals surface area contributed by atoms with Gasteiger partial charge in [-0.3, -0.25) is 0 Å². The third kappa shape index (κ3) is 2.40. The van der Waals surface area contributed by atoms with Crippen LogP contribution in [0.4, 0.5) is 0 Å². The topological polar surface area (TPSA) is 69.4 Å². The van der Waals surface area contributed by atoms with E-state index in [4.69, 9.17) is 10.5 Å². The van der Waals surface area contributed by atoms with E-state index in [1.165, 1.54) is 0 Å². The first-order valence-electron chi connectivity index (χ1n) is 5.89. The molecule has 0 aromatic carbocycles. The Morgan fingerprint density at radius 3 is 2.81 bits per heavy atom. The Hall–Kier alpha value is -0.550. The normalized spacial score (nSPS) is 31.3. The van der Waals surface area contributed by atoms with Crippen molar-refractivity contribution in [3.63, 3.8) is 0 Å². The summed E-state index contributed by atoms with van der Waals surface area (Å²) in [6.45, 7) is 0.716. The fourth-order valence-corrected chi connectivity index (χ4v) is 4.51. The number of sulfone groups is 1. The minimum absolute atomic E-state index is 0.291. The molecule has 16 heavy (non-hydrogen) atoms. The zero-order chi connectivity index (χ0) is 11.6. The molecule has 1 fully saturated rings. The molecule has 0 saturated carbocycles. The van der Waals surface area contributed by atoms with Gasteiger partial charge in [-0.15, -0.1) is 0 Å². The predicted octanol–water partition coefficient (Wildman–Crippen LogP) is 0.975. The second-order valence-corrected chi connectivity index (χ2v) is 6.93. The van der Waals surface area contributed by atoms with Crippen molar-refractivity contribution in [1.82, 2.24) is 0 Å². The van der Waals surface area contributed by atoms with Gasteiger partial charge in [0, 0.05) is 6.04 Å². The van der Waals surface area contributed by atoms with Gasteiger partial charge in [0.2, 0.25) is 0 Å². The van der Waals surface area contributed by atoms with Gasteiger partial charge in [-0.2, -0.15) is 0 Å². The Labute approximate surface area is 96.8 Å². The van der Waals surface area contributed by atoms with Gasteiger partial charge >= 0.3 is 0 Å². The minimum Gasteiger partial charge on any atom is -0.501 e. The quantitative estimate of drug-likeness (QED) is 0.787. The molecule has 2 aliphatic rings. The van der Waals surface area contributed by atoms with Gasteiger partial charge in [-0.25, -0.2) is 8.42 Å². The maximum atomic E-state index is 11.9. The van der Waals surface area contributed by atoms with Crippen LogP contribution < -0.4 is 5.73 Å². The number of ether oxygens (including phenoxy) is 1. The van der Waals surface area contributed by atoms with Crippen molar-refractivity contribution in [2.24, 2.45) is 5.73 Å². The third-order valence-corrected chi connectivity index (χ3v) is 5.73. The van der Waals surface area contributed by atoms with Crippen LogP contribution in [0, 0.1) is 0 Å². The molecule has 2 unspecified atom stereocenters. The fourth-order valence-electron chi connectivity index (χ4n) is 2.45. The van der Waals surface area contributed by atoms with Gasteiger partial charge in [0.1, 0.15) is 0 Å². The second kappa shape index (κ2) is 4.75. The smallest absolute Gasteiger partial charge is 0.155 e. The maximum absolute atomic E-state index is 11.9. The van der Waals surface area contributed by atoms with Crippen molar-refractivity contribution >= 4 is 9.84 Å². The van der Waals surface area contributed by atoms with Crippen LogP contribution in [0.1, 0.15) is 32.1 Å². The van der Waals surface area contributed by atoms with Crippen LogP contribution in [0.2, 0.25) is 0 Å². The van der Waals surface area contributed by atoms with Crippen LogP contribution in [0.25, 0.3) is 0 Å². The average Bonchev–Trinajstić information content (AvgIpc) is 2.29. The summed E-state index contributed by atoms with van der Waals surface area (Å²) >= 11 is 0. The molecule has 2 heterocycles. The van der Waals surface area contributed by atoms with Gasteiger partial charge in [0.25, 0.3) is 0 Å². The Balaban J connectivity index is 2.13. The zero-order valence-electron chi connectivity index (χ0n) is 9.39. The summed E-state index contributed by atoms with van der Waals surface area (Å²) in [6, 6.07) is -0.370. The summed E-state index contributed by atoms with van der Waals surface area (Å²) in [6.07, 6.45) is 5.91. The highest BCUT2D eigenvalue weighted by Crippen LogP contribution is 2.27. The van der Waals surface area contributed by atoms with E-state index in [2.05, 4.69) is 0 Å². The molecule has 0 spiro atoms. The van der Waals surface area contributed by atoms with E-state index in [1.807, 2.05) is 0 Å².